The van der Waals surface area contributed by atoms with Crippen molar-refractivity contribution in [1.82, 2.24) is 0 Å². The van der Waals surface area contributed by atoms with Gasteiger partial charge in [0.15, 0.2) is 0 Å². The molecule has 0 aliphatic rings. The largest absolute Gasteiger partial charge is 0.462 e. The van der Waals surface area contributed by atoms with Crippen LogP contribution in [0.2, 0.25) is 0 Å². The minimum absolute atomic E-state index is 0.286. The Kier molecular flexibility index (Phi) is 5.69. The molecule has 0 atom stereocenters. The van der Waals surface area contributed by atoms with Crippen molar-refractivity contribution in [3.8, 4) is 0 Å². The van der Waals surface area contributed by atoms with E-state index < -0.39 is 5.97 Å². The Hall–Kier alpha value is -2.88. The smallest absolute Gasteiger partial charge is 0.340 e. The fourth-order valence-electron chi connectivity index (χ4n) is 2.00. The topological polar surface area (TPSA) is 55.4 Å². The summed E-state index contributed by atoms with van der Waals surface area (Å²) in [4.78, 5) is 23.9. The summed E-state index contributed by atoms with van der Waals surface area (Å²) in [7, 11) is 0. The standard InChI is InChI=1S/C19H19NO3/c1-3-23-19(22)16-6-4-5-7-17(16)20-18(21)13-12-15-10-8-14(2)9-11-15/h4-13H,3H2,1-2H3,(H,20,21)/b13-12+. The first-order chi connectivity index (χ1) is 11.1. The molecule has 0 spiro atoms. The third kappa shape index (κ3) is 4.81. The number of nitrogens with one attached hydrogen (secondary N) is 1. The molecule has 0 aliphatic carbocycles. The Bertz CT molecular complexity index is 718. The van der Waals surface area contributed by atoms with Crippen molar-refractivity contribution >= 4 is 23.6 Å². The van der Waals surface area contributed by atoms with Crippen LogP contribution in [0.4, 0.5) is 5.69 Å². The molecule has 1 amide bonds. The lowest BCUT2D eigenvalue weighted by Crippen LogP contribution is -2.13. The molecule has 2 rings (SSSR count). The van der Waals surface area contributed by atoms with Gasteiger partial charge < -0.3 is 10.1 Å². The lowest BCUT2D eigenvalue weighted by atomic mass is 10.1. The zero-order valence-corrected chi connectivity index (χ0v) is 13.2. The zero-order valence-electron chi connectivity index (χ0n) is 13.2. The number of hydrogen-bond donors (Lipinski definition) is 1. The lowest BCUT2D eigenvalue weighted by molar-refractivity contribution is -0.111. The summed E-state index contributed by atoms with van der Waals surface area (Å²) in [6.07, 6.45) is 3.16. The molecule has 0 radical (unpaired) electrons. The second kappa shape index (κ2) is 7.94. The summed E-state index contributed by atoms with van der Waals surface area (Å²) in [6.45, 7) is 4.03. The van der Waals surface area contributed by atoms with Crippen LogP contribution in [0.25, 0.3) is 6.08 Å². The van der Waals surface area contributed by atoms with Crippen LogP contribution in [0.1, 0.15) is 28.4 Å². The first-order valence-corrected chi connectivity index (χ1v) is 7.42. The number of amides is 1. The number of hydrogen-bond acceptors (Lipinski definition) is 3. The first kappa shape index (κ1) is 16.5. The van der Waals surface area contributed by atoms with E-state index in [9.17, 15) is 9.59 Å². The number of carbonyl (C=O) groups is 2. The van der Waals surface area contributed by atoms with Crippen LogP contribution in [0, 0.1) is 6.92 Å². The van der Waals surface area contributed by atoms with E-state index in [1.807, 2.05) is 31.2 Å². The van der Waals surface area contributed by atoms with Crippen molar-refractivity contribution in [2.75, 3.05) is 11.9 Å². The van der Waals surface area contributed by atoms with E-state index >= 15 is 0 Å². The maximum atomic E-state index is 12.0. The maximum Gasteiger partial charge on any atom is 0.340 e. The van der Waals surface area contributed by atoms with Crippen molar-refractivity contribution in [3.05, 3.63) is 71.3 Å². The number of ether oxygens (including phenoxy) is 1. The van der Waals surface area contributed by atoms with Gasteiger partial charge in [-0.3, -0.25) is 4.79 Å². The third-order valence-electron chi connectivity index (χ3n) is 3.18. The number of rotatable bonds is 5. The second-order valence-corrected chi connectivity index (χ2v) is 5.00. The van der Waals surface area contributed by atoms with Crippen LogP contribution in [-0.4, -0.2) is 18.5 Å². The molecule has 0 saturated heterocycles. The molecule has 2 aromatic carbocycles. The number of esters is 1. The SMILES string of the molecule is CCOC(=O)c1ccccc1NC(=O)/C=C/c1ccc(C)cc1. The Morgan fingerprint density at radius 3 is 2.48 bits per heavy atom. The van der Waals surface area contributed by atoms with Crippen LogP contribution in [-0.2, 0) is 9.53 Å². The summed E-state index contributed by atoms with van der Waals surface area (Å²) in [5, 5.41) is 2.70. The van der Waals surface area contributed by atoms with E-state index in [2.05, 4.69) is 5.32 Å². The second-order valence-electron chi connectivity index (χ2n) is 5.00. The molecule has 4 nitrogen and oxygen atoms in total. The highest BCUT2D eigenvalue weighted by atomic mass is 16.5. The molecule has 2 aromatic rings. The predicted molar refractivity (Wildman–Crippen MR) is 91.2 cm³/mol. The monoisotopic (exact) mass is 309 g/mol. The molecule has 0 fully saturated rings. The Labute approximate surface area is 135 Å². The number of carbonyl (C=O) groups excluding carboxylic acids is 2. The highest BCUT2D eigenvalue weighted by molar-refractivity contribution is 6.06. The van der Waals surface area contributed by atoms with E-state index in [1.54, 1.807) is 37.3 Å². The molecule has 0 unspecified atom stereocenters. The van der Waals surface area contributed by atoms with Crippen molar-refractivity contribution < 1.29 is 14.3 Å². The Morgan fingerprint density at radius 1 is 1.09 bits per heavy atom. The first-order valence-electron chi connectivity index (χ1n) is 7.42. The van der Waals surface area contributed by atoms with E-state index in [4.69, 9.17) is 4.74 Å². The molecule has 0 bridgehead atoms. The minimum Gasteiger partial charge on any atom is -0.462 e. The van der Waals surface area contributed by atoms with E-state index in [-0.39, 0.29) is 12.5 Å². The molecule has 0 aromatic heterocycles. The van der Waals surface area contributed by atoms with Gasteiger partial charge in [-0.2, -0.15) is 0 Å². The Morgan fingerprint density at radius 2 is 1.78 bits per heavy atom. The lowest BCUT2D eigenvalue weighted by Gasteiger charge is -2.08. The van der Waals surface area contributed by atoms with Gasteiger partial charge in [-0.15, -0.1) is 0 Å². The normalized spacial score (nSPS) is 10.5. The molecular formula is C19H19NO3. The molecule has 0 saturated carbocycles. The fraction of sp³-hybridized carbons (Fsp3) is 0.158. The highest BCUT2D eigenvalue weighted by Gasteiger charge is 2.12. The van der Waals surface area contributed by atoms with Gasteiger partial charge in [-0.25, -0.2) is 4.79 Å². The van der Waals surface area contributed by atoms with Crippen molar-refractivity contribution in [3.63, 3.8) is 0 Å². The van der Waals surface area contributed by atoms with E-state index in [0.717, 1.165) is 11.1 Å². The molecular weight excluding hydrogens is 290 g/mol. The van der Waals surface area contributed by atoms with Gasteiger partial charge in [0.2, 0.25) is 5.91 Å². The fourth-order valence-corrected chi connectivity index (χ4v) is 2.00. The summed E-state index contributed by atoms with van der Waals surface area (Å²) in [5.41, 5.74) is 2.87. The summed E-state index contributed by atoms with van der Waals surface area (Å²) in [5.74, 6) is -0.756. The predicted octanol–water partition coefficient (Wildman–Crippen LogP) is 3.82. The molecule has 118 valence electrons. The van der Waals surface area contributed by atoms with E-state index in [0.29, 0.717) is 11.3 Å². The summed E-state index contributed by atoms with van der Waals surface area (Å²) < 4.78 is 4.98. The third-order valence-corrected chi connectivity index (χ3v) is 3.18. The molecule has 1 N–H and O–H groups in total. The highest BCUT2D eigenvalue weighted by Crippen LogP contribution is 2.16. The number of anilines is 1. The van der Waals surface area contributed by atoms with Crippen molar-refractivity contribution in [1.29, 1.82) is 0 Å². The van der Waals surface area contributed by atoms with Crippen molar-refractivity contribution in [2.45, 2.75) is 13.8 Å². The zero-order chi connectivity index (χ0) is 16.7. The van der Waals surface area contributed by atoms with Gasteiger partial charge in [0, 0.05) is 6.08 Å². The van der Waals surface area contributed by atoms with Crippen LogP contribution in [0.15, 0.2) is 54.6 Å². The van der Waals surface area contributed by atoms with Crippen LogP contribution < -0.4 is 5.32 Å². The van der Waals surface area contributed by atoms with Crippen LogP contribution in [0.3, 0.4) is 0 Å². The van der Waals surface area contributed by atoms with Gasteiger partial charge in [0.05, 0.1) is 17.9 Å². The maximum absolute atomic E-state index is 12.0. The van der Waals surface area contributed by atoms with Gasteiger partial charge in [0.1, 0.15) is 0 Å². The Balaban J connectivity index is 2.08. The molecule has 0 heterocycles. The van der Waals surface area contributed by atoms with Gasteiger partial charge in [-0.05, 0) is 37.6 Å². The average Bonchev–Trinajstić information content (AvgIpc) is 2.55. The van der Waals surface area contributed by atoms with Gasteiger partial charge >= 0.3 is 5.97 Å². The number of aryl methyl sites for hydroxylation is 1. The van der Waals surface area contributed by atoms with Crippen LogP contribution >= 0.6 is 0 Å². The van der Waals surface area contributed by atoms with Gasteiger partial charge in [0.25, 0.3) is 0 Å². The molecule has 0 aliphatic heterocycles. The molecule has 4 heteroatoms. The number of benzene rings is 2. The minimum atomic E-state index is -0.453. The quantitative estimate of drug-likeness (QED) is 0.674. The van der Waals surface area contributed by atoms with Crippen molar-refractivity contribution in [2.24, 2.45) is 0 Å². The number of para-hydroxylation sites is 1. The molecule has 23 heavy (non-hydrogen) atoms. The average molecular weight is 309 g/mol. The summed E-state index contributed by atoms with van der Waals surface area (Å²) in [6, 6.07) is 14.6. The van der Waals surface area contributed by atoms with Gasteiger partial charge in [-0.1, -0.05) is 42.0 Å². The summed E-state index contributed by atoms with van der Waals surface area (Å²) >= 11 is 0. The van der Waals surface area contributed by atoms with E-state index in [1.165, 1.54) is 6.08 Å². The van der Waals surface area contributed by atoms with Crippen LogP contribution in [0.5, 0.6) is 0 Å².